The molecule has 19 heavy (non-hydrogen) atoms. The minimum absolute atomic E-state index is 0.144. The molecule has 0 spiro atoms. The van der Waals surface area contributed by atoms with Gasteiger partial charge in [0.15, 0.2) is 5.82 Å². The normalized spacial score (nSPS) is 10.6. The molecule has 100 valence electrons. The molecule has 7 nitrogen and oxygen atoms in total. The van der Waals surface area contributed by atoms with Gasteiger partial charge in [-0.15, -0.1) is 0 Å². The highest BCUT2D eigenvalue weighted by Gasteiger charge is 2.11. The van der Waals surface area contributed by atoms with Gasteiger partial charge >= 0.3 is 0 Å². The van der Waals surface area contributed by atoms with Gasteiger partial charge in [-0.3, -0.25) is 14.8 Å². The lowest BCUT2D eigenvalue weighted by atomic mass is 10.2. The third kappa shape index (κ3) is 3.59. The lowest BCUT2D eigenvalue weighted by molar-refractivity contribution is -0.385. The van der Waals surface area contributed by atoms with E-state index >= 15 is 0 Å². The number of aryl methyl sites for hydroxylation is 1. The van der Waals surface area contributed by atoms with E-state index in [4.69, 9.17) is 0 Å². The molecule has 0 amide bonds. The Morgan fingerprint density at radius 1 is 1.42 bits per heavy atom. The first-order valence-electron chi connectivity index (χ1n) is 5.94. The molecular weight excluding hydrogens is 246 g/mol. The van der Waals surface area contributed by atoms with Crippen LogP contribution in [0.1, 0.15) is 11.4 Å². The second kappa shape index (κ2) is 6.05. The quantitative estimate of drug-likeness (QED) is 0.477. The van der Waals surface area contributed by atoms with Crippen LogP contribution in [0.4, 0.5) is 5.69 Å². The molecule has 2 aromatic rings. The van der Waals surface area contributed by atoms with Crippen LogP contribution in [-0.2, 0) is 20.0 Å². The molecule has 1 N–H and O–H groups in total. The van der Waals surface area contributed by atoms with E-state index in [0.717, 1.165) is 5.82 Å². The fourth-order valence-corrected chi connectivity index (χ4v) is 1.76. The van der Waals surface area contributed by atoms with Crippen molar-refractivity contribution in [2.45, 2.75) is 13.0 Å². The Balaban J connectivity index is 1.84. The van der Waals surface area contributed by atoms with Gasteiger partial charge in [-0.05, 0) is 0 Å². The third-order valence-corrected chi connectivity index (χ3v) is 2.68. The number of nitro benzene ring substituents is 1. The number of hydrogen-bond donors (Lipinski definition) is 1. The molecule has 0 aliphatic rings. The van der Waals surface area contributed by atoms with E-state index in [1.165, 1.54) is 6.07 Å². The molecule has 0 saturated carbocycles. The summed E-state index contributed by atoms with van der Waals surface area (Å²) >= 11 is 0. The van der Waals surface area contributed by atoms with Crippen LogP contribution in [0.25, 0.3) is 0 Å². The highest BCUT2D eigenvalue weighted by atomic mass is 16.6. The summed E-state index contributed by atoms with van der Waals surface area (Å²) < 4.78 is 1.65. The van der Waals surface area contributed by atoms with E-state index in [-0.39, 0.29) is 10.6 Å². The van der Waals surface area contributed by atoms with Gasteiger partial charge in [0, 0.05) is 38.2 Å². The van der Waals surface area contributed by atoms with Crippen molar-refractivity contribution in [3.63, 3.8) is 0 Å². The fourth-order valence-electron chi connectivity index (χ4n) is 1.76. The molecule has 0 aliphatic heterocycles. The first-order chi connectivity index (χ1) is 9.16. The van der Waals surface area contributed by atoms with Crippen molar-refractivity contribution in [2.24, 2.45) is 7.05 Å². The largest absolute Gasteiger partial charge is 0.312 e. The van der Waals surface area contributed by atoms with Gasteiger partial charge in [0.2, 0.25) is 0 Å². The molecule has 0 radical (unpaired) electrons. The van der Waals surface area contributed by atoms with Crippen LogP contribution in [0.15, 0.2) is 30.6 Å². The Kier molecular flexibility index (Phi) is 4.19. The van der Waals surface area contributed by atoms with Gasteiger partial charge in [-0.25, -0.2) is 4.98 Å². The summed E-state index contributed by atoms with van der Waals surface area (Å²) in [6.45, 7) is 1.14. The first kappa shape index (κ1) is 13.2. The molecule has 0 aliphatic carbocycles. The van der Waals surface area contributed by atoms with Crippen molar-refractivity contribution in [1.82, 2.24) is 20.1 Å². The summed E-state index contributed by atoms with van der Waals surface area (Å²) in [7, 11) is 1.82. The number of rotatable bonds is 6. The van der Waals surface area contributed by atoms with Crippen LogP contribution >= 0.6 is 0 Å². The van der Waals surface area contributed by atoms with Gasteiger partial charge < -0.3 is 5.32 Å². The number of nitrogens with one attached hydrogen (secondary N) is 1. The summed E-state index contributed by atoms with van der Waals surface area (Å²) in [6.07, 6.45) is 2.35. The summed E-state index contributed by atoms with van der Waals surface area (Å²) in [6, 6.07) is 6.73. The Hall–Kier alpha value is -2.28. The second-order valence-corrected chi connectivity index (χ2v) is 4.15. The highest BCUT2D eigenvalue weighted by Crippen LogP contribution is 2.16. The van der Waals surface area contributed by atoms with Crippen molar-refractivity contribution < 1.29 is 4.92 Å². The number of nitro groups is 1. The van der Waals surface area contributed by atoms with Gasteiger partial charge in [0.1, 0.15) is 6.33 Å². The van der Waals surface area contributed by atoms with Gasteiger partial charge in [-0.1, -0.05) is 18.2 Å². The molecule has 0 fully saturated rings. The molecule has 1 heterocycles. The summed E-state index contributed by atoms with van der Waals surface area (Å²) in [4.78, 5) is 14.6. The average molecular weight is 261 g/mol. The Morgan fingerprint density at radius 3 is 2.89 bits per heavy atom. The predicted molar refractivity (Wildman–Crippen MR) is 69.5 cm³/mol. The van der Waals surface area contributed by atoms with E-state index in [9.17, 15) is 10.1 Å². The zero-order valence-corrected chi connectivity index (χ0v) is 10.6. The molecular formula is C12H15N5O2. The first-order valence-corrected chi connectivity index (χ1v) is 5.94. The predicted octanol–water partition coefficient (Wildman–Crippen LogP) is 1.06. The Bertz CT molecular complexity index is 567. The van der Waals surface area contributed by atoms with Gasteiger partial charge in [-0.2, -0.15) is 5.10 Å². The van der Waals surface area contributed by atoms with E-state index in [1.807, 2.05) is 7.05 Å². The fraction of sp³-hybridized carbons (Fsp3) is 0.333. The van der Waals surface area contributed by atoms with Crippen LogP contribution in [0.5, 0.6) is 0 Å². The minimum Gasteiger partial charge on any atom is -0.312 e. The lowest BCUT2D eigenvalue weighted by Gasteiger charge is -2.04. The van der Waals surface area contributed by atoms with Crippen molar-refractivity contribution in [1.29, 1.82) is 0 Å². The highest BCUT2D eigenvalue weighted by molar-refractivity contribution is 5.39. The van der Waals surface area contributed by atoms with E-state index in [0.29, 0.717) is 25.1 Å². The number of benzene rings is 1. The molecule has 0 unspecified atom stereocenters. The van der Waals surface area contributed by atoms with Crippen molar-refractivity contribution in [3.8, 4) is 0 Å². The molecule has 0 saturated heterocycles. The van der Waals surface area contributed by atoms with Gasteiger partial charge in [0.25, 0.3) is 5.69 Å². The maximum atomic E-state index is 10.8. The van der Waals surface area contributed by atoms with Crippen LogP contribution in [0.2, 0.25) is 0 Å². The Labute approximate surface area is 110 Å². The topological polar surface area (TPSA) is 85.9 Å². The summed E-state index contributed by atoms with van der Waals surface area (Å²) in [5.41, 5.74) is 0.826. The van der Waals surface area contributed by atoms with E-state index in [2.05, 4.69) is 15.4 Å². The standard InChI is InChI=1S/C12H15N5O2/c1-16-9-14-12(15-16)6-7-13-8-10-4-2-3-5-11(10)17(18)19/h2-5,9,13H,6-8H2,1H3. The zero-order valence-electron chi connectivity index (χ0n) is 10.6. The second-order valence-electron chi connectivity index (χ2n) is 4.15. The molecule has 1 aromatic heterocycles. The SMILES string of the molecule is Cn1cnc(CCNCc2ccccc2[N+](=O)[O-])n1. The number of para-hydroxylation sites is 1. The molecule has 0 bridgehead atoms. The lowest BCUT2D eigenvalue weighted by Crippen LogP contribution is -2.18. The summed E-state index contributed by atoms with van der Waals surface area (Å²) in [5.74, 6) is 0.762. The Morgan fingerprint density at radius 2 is 2.21 bits per heavy atom. The number of nitrogens with zero attached hydrogens (tertiary/aromatic N) is 4. The maximum absolute atomic E-state index is 10.8. The monoisotopic (exact) mass is 261 g/mol. The molecule has 0 atom stereocenters. The van der Waals surface area contributed by atoms with Gasteiger partial charge in [0.05, 0.1) is 4.92 Å². The van der Waals surface area contributed by atoms with Crippen LogP contribution in [0.3, 0.4) is 0 Å². The maximum Gasteiger partial charge on any atom is 0.273 e. The van der Waals surface area contributed by atoms with E-state index < -0.39 is 0 Å². The van der Waals surface area contributed by atoms with E-state index in [1.54, 1.807) is 29.2 Å². The van der Waals surface area contributed by atoms with Crippen LogP contribution in [0, 0.1) is 10.1 Å². The zero-order chi connectivity index (χ0) is 13.7. The van der Waals surface area contributed by atoms with Crippen molar-refractivity contribution in [2.75, 3.05) is 6.54 Å². The van der Waals surface area contributed by atoms with Crippen molar-refractivity contribution >= 4 is 5.69 Å². The molecule has 7 heteroatoms. The minimum atomic E-state index is -0.364. The van der Waals surface area contributed by atoms with Crippen LogP contribution < -0.4 is 5.32 Å². The number of hydrogen-bond acceptors (Lipinski definition) is 5. The third-order valence-electron chi connectivity index (χ3n) is 2.68. The number of aromatic nitrogens is 3. The van der Waals surface area contributed by atoms with Crippen molar-refractivity contribution in [3.05, 3.63) is 52.1 Å². The van der Waals surface area contributed by atoms with Crippen LogP contribution in [-0.4, -0.2) is 26.2 Å². The average Bonchev–Trinajstić information content (AvgIpc) is 2.81. The molecule has 1 aromatic carbocycles. The molecule has 2 rings (SSSR count). The smallest absolute Gasteiger partial charge is 0.273 e. The summed E-state index contributed by atoms with van der Waals surface area (Å²) in [5, 5.41) is 18.2.